The van der Waals surface area contributed by atoms with Gasteiger partial charge in [0.25, 0.3) is 0 Å². The third kappa shape index (κ3) is 4.67. The maximum atomic E-state index is 12.1. The van der Waals surface area contributed by atoms with E-state index >= 15 is 0 Å². The van der Waals surface area contributed by atoms with Crippen molar-refractivity contribution in [2.75, 3.05) is 0 Å². The zero-order valence-corrected chi connectivity index (χ0v) is 14.5. The average Bonchev–Trinajstić information content (AvgIpc) is 3.10. The quantitative estimate of drug-likeness (QED) is 0.719. The molecule has 2 heterocycles. The van der Waals surface area contributed by atoms with Gasteiger partial charge in [-0.3, -0.25) is 9.78 Å². The number of carbonyl (C=O) groups excluding carboxylic acids is 1. The lowest BCUT2D eigenvalue weighted by atomic mass is 10.1. The summed E-state index contributed by atoms with van der Waals surface area (Å²) in [5, 5.41) is 3.63. The molecule has 3 rings (SSSR count). The molecule has 0 fully saturated rings. The second-order valence-corrected chi connectivity index (χ2v) is 6.13. The van der Waals surface area contributed by atoms with E-state index in [1.54, 1.807) is 30.7 Å². The third-order valence-electron chi connectivity index (χ3n) is 3.83. The van der Waals surface area contributed by atoms with Gasteiger partial charge in [-0.25, -0.2) is 4.98 Å². The van der Waals surface area contributed by atoms with Gasteiger partial charge in [-0.15, -0.1) is 0 Å². The van der Waals surface area contributed by atoms with Crippen LogP contribution in [0.2, 0.25) is 5.02 Å². The number of aryl methyl sites for hydroxylation is 1. The van der Waals surface area contributed by atoms with E-state index in [9.17, 15) is 4.79 Å². The molecular weight excluding hydrogens is 338 g/mol. The minimum Gasteiger partial charge on any atom is -0.441 e. The fraction of sp³-hybridized carbons (Fsp3) is 0.211. The van der Waals surface area contributed by atoms with Crippen LogP contribution in [-0.4, -0.2) is 15.9 Å². The lowest BCUT2D eigenvalue weighted by molar-refractivity contribution is -0.121. The summed E-state index contributed by atoms with van der Waals surface area (Å²) in [6.07, 6.45) is 5.85. The van der Waals surface area contributed by atoms with E-state index in [2.05, 4.69) is 15.3 Å². The predicted octanol–water partition coefficient (Wildman–Crippen LogP) is 4.20. The predicted molar refractivity (Wildman–Crippen MR) is 96.1 cm³/mol. The molecule has 25 heavy (non-hydrogen) atoms. The van der Waals surface area contributed by atoms with Gasteiger partial charge in [0.15, 0.2) is 11.7 Å². The van der Waals surface area contributed by atoms with Crippen molar-refractivity contribution in [3.63, 3.8) is 0 Å². The maximum absolute atomic E-state index is 12.1. The Hall–Kier alpha value is -2.66. The van der Waals surface area contributed by atoms with Crippen molar-refractivity contribution in [3.8, 4) is 11.3 Å². The molecule has 0 aliphatic heterocycles. The summed E-state index contributed by atoms with van der Waals surface area (Å²) in [6.45, 7) is 1.94. The summed E-state index contributed by atoms with van der Waals surface area (Å²) in [7, 11) is 0. The second kappa shape index (κ2) is 7.94. The van der Waals surface area contributed by atoms with Crippen molar-refractivity contribution in [2.24, 2.45) is 0 Å². The number of halogens is 1. The van der Waals surface area contributed by atoms with E-state index in [4.69, 9.17) is 16.0 Å². The Labute approximate surface area is 151 Å². The van der Waals surface area contributed by atoms with E-state index < -0.39 is 0 Å². The van der Waals surface area contributed by atoms with Gasteiger partial charge in [-0.1, -0.05) is 11.6 Å². The highest BCUT2D eigenvalue weighted by molar-refractivity contribution is 6.30. The fourth-order valence-electron chi connectivity index (χ4n) is 2.44. The first kappa shape index (κ1) is 17.2. The molecule has 1 N–H and O–H groups in total. The number of aromatic nitrogens is 2. The minimum atomic E-state index is -0.0651. The first-order valence-corrected chi connectivity index (χ1v) is 8.39. The monoisotopic (exact) mass is 355 g/mol. The summed E-state index contributed by atoms with van der Waals surface area (Å²) in [5.41, 5.74) is 1.92. The van der Waals surface area contributed by atoms with Crippen LogP contribution in [0.3, 0.4) is 0 Å². The molecule has 0 aliphatic rings. The molecule has 1 atom stereocenters. The largest absolute Gasteiger partial charge is 0.441 e. The number of nitrogens with zero attached hydrogens (tertiary/aromatic N) is 2. The molecule has 0 unspecified atom stereocenters. The van der Waals surface area contributed by atoms with Crippen LogP contribution in [0.1, 0.15) is 30.8 Å². The molecule has 6 heteroatoms. The topological polar surface area (TPSA) is 68.0 Å². The molecule has 1 amide bonds. The summed E-state index contributed by atoms with van der Waals surface area (Å²) in [6, 6.07) is 11.0. The molecule has 3 aromatic rings. The van der Waals surface area contributed by atoms with Crippen LogP contribution >= 0.6 is 11.6 Å². The van der Waals surface area contributed by atoms with E-state index in [1.165, 1.54) is 0 Å². The van der Waals surface area contributed by atoms with Crippen LogP contribution in [0, 0.1) is 0 Å². The summed E-state index contributed by atoms with van der Waals surface area (Å²) < 4.78 is 5.71. The normalized spacial score (nSPS) is 11.9. The zero-order chi connectivity index (χ0) is 17.6. The first-order chi connectivity index (χ1) is 12.1. The molecule has 0 bridgehead atoms. The van der Waals surface area contributed by atoms with Crippen molar-refractivity contribution in [2.45, 2.75) is 25.8 Å². The molecule has 128 valence electrons. The van der Waals surface area contributed by atoms with Gasteiger partial charge in [-0.2, -0.15) is 0 Å². The van der Waals surface area contributed by atoms with Gasteiger partial charge in [-0.05, 0) is 48.9 Å². The molecular formula is C19H18ClN3O2. The summed E-state index contributed by atoms with van der Waals surface area (Å²) in [5.74, 6) is 1.16. The lowest BCUT2D eigenvalue weighted by Gasteiger charge is -2.13. The number of amides is 1. The van der Waals surface area contributed by atoms with Gasteiger partial charge >= 0.3 is 0 Å². The second-order valence-electron chi connectivity index (χ2n) is 5.69. The minimum absolute atomic E-state index is 0.0458. The molecule has 0 saturated heterocycles. The van der Waals surface area contributed by atoms with Gasteiger partial charge < -0.3 is 9.73 Å². The molecule has 0 spiro atoms. The van der Waals surface area contributed by atoms with E-state index in [0.717, 1.165) is 11.1 Å². The molecule has 2 aromatic heterocycles. The highest BCUT2D eigenvalue weighted by Gasteiger charge is 2.12. The van der Waals surface area contributed by atoms with Crippen LogP contribution in [0.5, 0.6) is 0 Å². The van der Waals surface area contributed by atoms with E-state index in [0.29, 0.717) is 29.5 Å². The average molecular weight is 356 g/mol. The Morgan fingerprint density at radius 1 is 1.20 bits per heavy atom. The molecule has 1 aromatic carbocycles. The SMILES string of the molecule is C[C@H](NC(=O)CCc1ncc(-c2ccc(Cl)cc2)o1)c1ccncc1. The Morgan fingerprint density at radius 2 is 1.92 bits per heavy atom. The van der Waals surface area contributed by atoms with Gasteiger partial charge in [0.1, 0.15) is 0 Å². The van der Waals surface area contributed by atoms with Crippen molar-refractivity contribution in [1.82, 2.24) is 15.3 Å². The highest BCUT2D eigenvalue weighted by atomic mass is 35.5. The number of pyridine rings is 1. The number of carbonyl (C=O) groups is 1. The Balaban J connectivity index is 1.53. The number of hydrogen-bond donors (Lipinski definition) is 1. The molecule has 5 nitrogen and oxygen atoms in total. The van der Waals surface area contributed by atoms with Crippen LogP contribution < -0.4 is 5.32 Å². The van der Waals surface area contributed by atoms with Crippen LogP contribution in [-0.2, 0) is 11.2 Å². The number of oxazole rings is 1. The highest BCUT2D eigenvalue weighted by Crippen LogP contribution is 2.22. The smallest absolute Gasteiger partial charge is 0.220 e. The summed E-state index contributed by atoms with van der Waals surface area (Å²) in [4.78, 5) is 20.3. The number of benzene rings is 1. The van der Waals surface area contributed by atoms with Gasteiger partial charge in [0.05, 0.1) is 12.2 Å². The van der Waals surface area contributed by atoms with Crippen molar-refractivity contribution < 1.29 is 9.21 Å². The number of nitrogens with one attached hydrogen (secondary N) is 1. The molecule has 0 radical (unpaired) electrons. The third-order valence-corrected chi connectivity index (χ3v) is 4.08. The Morgan fingerprint density at radius 3 is 2.64 bits per heavy atom. The van der Waals surface area contributed by atoms with Crippen LogP contribution in [0.25, 0.3) is 11.3 Å². The Kier molecular flexibility index (Phi) is 5.46. The number of hydrogen-bond acceptors (Lipinski definition) is 4. The number of rotatable bonds is 6. The van der Waals surface area contributed by atoms with E-state index in [1.807, 2.05) is 31.2 Å². The lowest BCUT2D eigenvalue weighted by Crippen LogP contribution is -2.26. The fourth-order valence-corrected chi connectivity index (χ4v) is 2.57. The van der Waals surface area contributed by atoms with Crippen LogP contribution in [0.4, 0.5) is 0 Å². The van der Waals surface area contributed by atoms with Crippen molar-refractivity contribution >= 4 is 17.5 Å². The zero-order valence-electron chi connectivity index (χ0n) is 13.8. The van der Waals surface area contributed by atoms with Crippen LogP contribution in [0.15, 0.2) is 59.4 Å². The van der Waals surface area contributed by atoms with Gasteiger partial charge in [0.2, 0.25) is 5.91 Å². The molecule has 0 saturated carbocycles. The van der Waals surface area contributed by atoms with Crippen molar-refractivity contribution in [1.29, 1.82) is 0 Å². The maximum Gasteiger partial charge on any atom is 0.220 e. The van der Waals surface area contributed by atoms with E-state index in [-0.39, 0.29) is 11.9 Å². The molecule has 0 aliphatic carbocycles. The first-order valence-electron chi connectivity index (χ1n) is 8.02. The standard InChI is InChI=1S/C19H18ClN3O2/c1-13(14-8-10-21-11-9-14)23-18(24)6-7-19-22-12-17(25-19)15-2-4-16(20)5-3-15/h2-5,8-13H,6-7H2,1H3,(H,23,24)/t13-/m0/s1. The van der Waals surface area contributed by atoms with Crippen molar-refractivity contribution in [3.05, 3.63) is 71.5 Å². The Bertz CT molecular complexity index is 831. The summed E-state index contributed by atoms with van der Waals surface area (Å²) >= 11 is 5.88. The van der Waals surface area contributed by atoms with Gasteiger partial charge in [0, 0.05) is 35.8 Å².